The van der Waals surface area contributed by atoms with Gasteiger partial charge in [0.2, 0.25) is 0 Å². The van der Waals surface area contributed by atoms with Crippen LogP contribution in [0.15, 0.2) is 9.32 Å². The van der Waals surface area contributed by atoms with Crippen molar-refractivity contribution in [2.45, 2.75) is 18.8 Å². The lowest BCUT2D eigenvalue weighted by molar-refractivity contribution is 0.390. The van der Waals surface area contributed by atoms with Gasteiger partial charge in [0, 0.05) is 21.8 Å². The third kappa shape index (κ3) is 0.986. The van der Waals surface area contributed by atoms with E-state index < -0.39 is 0 Å². The van der Waals surface area contributed by atoms with E-state index in [1.165, 1.54) is 12.8 Å². The van der Waals surface area contributed by atoms with Crippen LogP contribution in [-0.4, -0.2) is 10.1 Å². The summed E-state index contributed by atoms with van der Waals surface area (Å²) in [6.45, 7) is 0. The van der Waals surface area contributed by atoms with Crippen LogP contribution in [0.3, 0.4) is 0 Å². The zero-order chi connectivity index (χ0) is 6.27. The normalized spacial score (nSPS) is 18.3. The average Bonchev–Trinajstić information content (AvgIpc) is 2.58. The maximum Gasteiger partial charge on any atom is 0.293 e. The molecule has 3 nitrogen and oxygen atoms in total. The molecule has 1 aromatic rings. The van der Waals surface area contributed by atoms with Crippen molar-refractivity contribution in [2.24, 2.45) is 0 Å². The first-order valence-electron chi connectivity index (χ1n) is 2.85. The Morgan fingerprint density at radius 2 is 2.33 bits per heavy atom. The second kappa shape index (κ2) is 1.80. The molecule has 0 amide bonds. The second-order valence-corrected chi connectivity index (χ2v) is 2.86. The summed E-state index contributed by atoms with van der Waals surface area (Å²) in [5, 5.41) is 3.74. The second-order valence-electron chi connectivity index (χ2n) is 2.18. The molecule has 1 heterocycles. The van der Waals surface area contributed by atoms with E-state index in [4.69, 9.17) is 4.52 Å². The summed E-state index contributed by atoms with van der Waals surface area (Å²) < 4.78 is 4.72. The van der Waals surface area contributed by atoms with Gasteiger partial charge in [0.15, 0.2) is 5.82 Å². The van der Waals surface area contributed by atoms with Gasteiger partial charge in [-0.15, -0.1) is 0 Å². The molecule has 0 unspecified atom stereocenters. The molecule has 0 bridgehead atoms. The Kier molecular flexibility index (Phi) is 1.08. The molecule has 0 atom stereocenters. The summed E-state index contributed by atoms with van der Waals surface area (Å²) in [6, 6.07) is 0. The fraction of sp³-hybridized carbons (Fsp3) is 0.600. The summed E-state index contributed by atoms with van der Waals surface area (Å²) in [4.78, 5) is 4.50. The highest BCUT2D eigenvalue weighted by Crippen LogP contribution is 2.38. The van der Waals surface area contributed by atoms with Gasteiger partial charge in [0.1, 0.15) is 0 Å². The first-order valence-corrected chi connectivity index (χ1v) is 3.64. The van der Waals surface area contributed by atoms with E-state index >= 15 is 0 Å². The zero-order valence-corrected chi connectivity index (χ0v) is 6.26. The van der Waals surface area contributed by atoms with Gasteiger partial charge in [0.05, 0.1) is 0 Å². The van der Waals surface area contributed by atoms with Crippen molar-refractivity contribution in [3.05, 3.63) is 10.6 Å². The molecular weight excluding hydrogens is 184 g/mol. The van der Waals surface area contributed by atoms with Gasteiger partial charge in [-0.2, -0.15) is 4.98 Å². The Labute approximate surface area is 60.6 Å². The number of nitrogens with zero attached hydrogens (tertiary/aromatic N) is 2. The average molecular weight is 189 g/mol. The molecular formula is C5H5BrN2O. The number of rotatable bonds is 1. The molecule has 1 aliphatic carbocycles. The molecule has 4 heteroatoms. The van der Waals surface area contributed by atoms with E-state index in [9.17, 15) is 0 Å². The van der Waals surface area contributed by atoms with Gasteiger partial charge < -0.3 is 4.52 Å². The van der Waals surface area contributed by atoms with Crippen LogP contribution in [0, 0.1) is 0 Å². The summed E-state index contributed by atoms with van der Waals surface area (Å²) in [7, 11) is 0. The molecule has 1 aliphatic rings. The molecule has 1 saturated carbocycles. The Hall–Kier alpha value is -0.380. The first kappa shape index (κ1) is 5.41. The number of hydrogen-bond acceptors (Lipinski definition) is 3. The SMILES string of the molecule is Brc1nc(C2CC2)no1. The fourth-order valence-electron chi connectivity index (χ4n) is 0.723. The van der Waals surface area contributed by atoms with Crippen LogP contribution in [0.5, 0.6) is 0 Å². The maximum atomic E-state index is 4.72. The van der Waals surface area contributed by atoms with Crippen molar-refractivity contribution in [1.29, 1.82) is 0 Å². The molecule has 0 radical (unpaired) electrons. The van der Waals surface area contributed by atoms with Crippen molar-refractivity contribution in [1.82, 2.24) is 10.1 Å². The van der Waals surface area contributed by atoms with Crippen molar-refractivity contribution < 1.29 is 4.52 Å². The summed E-state index contributed by atoms with van der Waals surface area (Å²) in [6.07, 6.45) is 2.43. The lowest BCUT2D eigenvalue weighted by Gasteiger charge is -1.76. The zero-order valence-electron chi connectivity index (χ0n) is 4.67. The summed E-state index contributed by atoms with van der Waals surface area (Å²) in [5.41, 5.74) is 0. The highest BCUT2D eigenvalue weighted by Gasteiger charge is 2.28. The molecule has 0 saturated heterocycles. The highest BCUT2D eigenvalue weighted by molar-refractivity contribution is 9.10. The van der Waals surface area contributed by atoms with E-state index in [0.29, 0.717) is 10.7 Å². The Morgan fingerprint density at radius 3 is 2.78 bits per heavy atom. The Balaban J connectivity index is 2.28. The molecule has 0 aliphatic heterocycles. The number of hydrogen-bond donors (Lipinski definition) is 0. The summed E-state index contributed by atoms with van der Waals surface area (Å²) >= 11 is 3.09. The molecule has 1 fully saturated rings. The van der Waals surface area contributed by atoms with Crippen molar-refractivity contribution >= 4 is 15.9 Å². The van der Waals surface area contributed by atoms with Crippen LogP contribution in [0.2, 0.25) is 0 Å². The minimum absolute atomic E-state index is 0.490. The van der Waals surface area contributed by atoms with Crippen LogP contribution in [-0.2, 0) is 0 Å². The van der Waals surface area contributed by atoms with Crippen LogP contribution >= 0.6 is 15.9 Å². The predicted octanol–water partition coefficient (Wildman–Crippen LogP) is 1.71. The van der Waals surface area contributed by atoms with Gasteiger partial charge in [0.25, 0.3) is 4.80 Å². The van der Waals surface area contributed by atoms with Gasteiger partial charge in [-0.05, 0) is 12.8 Å². The van der Waals surface area contributed by atoms with Crippen LogP contribution in [0.4, 0.5) is 0 Å². The third-order valence-corrected chi connectivity index (χ3v) is 1.68. The Bertz CT molecular complexity index is 218. The first-order chi connectivity index (χ1) is 4.36. The van der Waals surface area contributed by atoms with Crippen LogP contribution in [0.25, 0.3) is 0 Å². The van der Waals surface area contributed by atoms with Gasteiger partial charge in [-0.25, -0.2) is 0 Å². The molecule has 9 heavy (non-hydrogen) atoms. The number of aromatic nitrogens is 2. The number of halogens is 1. The third-order valence-electron chi connectivity index (χ3n) is 1.36. The smallest absolute Gasteiger partial charge is 0.293 e. The van der Waals surface area contributed by atoms with Crippen molar-refractivity contribution in [2.75, 3.05) is 0 Å². The monoisotopic (exact) mass is 188 g/mol. The van der Waals surface area contributed by atoms with E-state index in [-0.39, 0.29) is 0 Å². The summed E-state index contributed by atoms with van der Waals surface area (Å²) in [5.74, 6) is 1.43. The highest BCUT2D eigenvalue weighted by atomic mass is 79.9. The minimum Gasteiger partial charge on any atom is -0.327 e. The van der Waals surface area contributed by atoms with Crippen LogP contribution in [0.1, 0.15) is 24.6 Å². The molecule has 2 rings (SSSR count). The fourth-order valence-corrected chi connectivity index (χ4v) is 0.977. The topological polar surface area (TPSA) is 38.9 Å². The van der Waals surface area contributed by atoms with E-state index in [1.807, 2.05) is 0 Å². The van der Waals surface area contributed by atoms with E-state index in [0.717, 1.165) is 5.82 Å². The molecule has 0 N–H and O–H groups in total. The lowest BCUT2D eigenvalue weighted by Crippen LogP contribution is -1.79. The van der Waals surface area contributed by atoms with Gasteiger partial charge in [-0.1, -0.05) is 5.16 Å². The Morgan fingerprint density at radius 1 is 1.56 bits per heavy atom. The van der Waals surface area contributed by atoms with E-state index in [1.54, 1.807) is 0 Å². The lowest BCUT2D eigenvalue weighted by atomic mass is 10.4. The molecule has 48 valence electrons. The quantitative estimate of drug-likeness (QED) is 0.674. The van der Waals surface area contributed by atoms with Gasteiger partial charge in [-0.3, -0.25) is 0 Å². The minimum atomic E-state index is 0.490. The molecule has 0 aromatic carbocycles. The van der Waals surface area contributed by atoms with Crippen molar-refractivity contribution in [3.8, 4) is 0 Å². The van der Waals surface area contributed by atoms with Crippen molar-refractivity contribution in [3.63, 3.8) is 0 Å². The largest absolute Gasteiger partial charge is 0.327 e. The standard InChI is InChI=1S/C5H5BrN2O/c6-5-7-4(8-9-5)3-1-2-3/h3H,1-2H2. The van der Waals surface area contributed by atoms with Crippen LogP contribution < -0.4 is 0 Å². The molecule has 1 aromatic heterocycles. The maximum absolute atomic E-state index is 4.72. The molecule has 0 spiro atoms. The van der Waals surface area contributed by atoms with Gasteiger partial charge >= 0.3 is 0 Å². The van der Waals surface area contributed by atoms with E-state index in [2.05, 4.69) is 26.1 Å². The predicted molar refractivity (Wildman–Crippen MR) is 34.0 cm³/mol.